The molecule has 0 atom stereocenters. The fourth-order valence-corrected chi connectivity index (χ4v) is 2.07. The lowest BCUT2D eigenvalue weighted by molar-refractivity contribution is 0.0947. The van der Waals surface area contributed by atoms with Gasteiger partial charge in [-0.1, -0.05) is 0 Å². The van der Waals surface area contributed by atoms with Gasteiger partial charge in [-0.05, 0) is 25.5 Å². The summed E-state index contributed by atoms with van der Waals surface area (Å²) in [5.41, 5.74) is 0.534. The zero-order valence-corrected chi connectivity index (χ0v) is 12.0. The van der Waals surface area contributed by atoms with E-state index in [1.165, 1.54) is 0 Å². The van der Waals surface area contributed by atoms with Crippen molar-refractivity contribution in [2.45, 2.75) is 13.3 Å². The van der Waals surface area contributed by atoms with Gasteiger partial charge in [0.1, 0.15) is 23.0 Å². The van der Waals surface area contributed by atoms with E-state index in [1.807, 2.05) is 12.1 Å². The molecule has 2 heterocycles. The van der Waals surface area contributed by atoms with Crippen LogP contribution in [0.2, 0.25) is 0 Å². The number of ether oxygens (including phenoxy) is 1. The van der Waals surface area contributed by atoms with Crippen molar-refractivity contribution < 1.29 is 13.9 Å². The highest BCUT2D eigenvalue weighted by molar-refractivity contribution is 5.98. The molecule has 2 rings (SSSR count). The minimum atomic E-state index is -0.303. The molecule has 6 heteroatoms. The number of furan rings is 1. The fraction of sp³-hybridized carbons (Fsp3) is 0.333. The molecule has 0 saturated carbocycles. The van der Waals surface area contributed by atoms with Crippen LogP contribution in [-0.2, 0) is 4.74 Å². The Morgan fingerprint density at radius 2 is 2.19 bits per heavy atom. The smallest absolute Gasteiger partial charge is 0.256 e. The van der Waals surface area contributed by atoms with Crippen LogP contribution in [0.4, 0.5) is 0 Å². The van der Waals surface area contributed by atoms with E-state index in [2.05, 4.69) is 11.4 Å². The van der Waals surface area contributed by atoms with Gasteiger partial charge in [0.05, 0.1) is 0 Å². The average molecular weight is 287 g/mol. The summed E-state index contributed by atoms with van der Waals surface area (Å²) in [6.07, 6.45) is 4.24. The maximum absolute atomic E-state index is 12.2. The van der Waals surface area contributed by atoms with Crippen LogP contribution in [0, 0.1) is 18.3 Å². The maximum atomic E-state index is 12.2. The monoisotopic (exact) mass is 287 g/mol. The number of aryl methyl sites for hydroxylation is 1. The van der Waals surface area contributed by atoms with Crippen molar-refractivity contribution in [1.82, 2.24) is 9.88 Å². The second-order valence-corrected chi connectivity index (χ2v) is 4.52. The van der Waals surface area contributed by atoms with Crippen LogP contribution in [0.1, 0.15) is 28.1 Å². The van der Waals surface area contributed by atoms with Gasteiger partial charge in [-0.15, -0.1) is 0 Å². The van der Waals surface area contributed by atoms with Gasteiger partial charge < -0.3 is 14.5 Å². The maximum Gasteiger partial charge on any atom is 0.256 e. The van der Waals surface area contributed by atoms with Crippen molar-refractivity contribution in [1.29, 1.82) is 5.26 Å². The first-order valence-corrected chi connectivity index (χ1v) is 6.63. The Bertz CT molecular complexity index is 651. The number of nitriles is 1. The van der Waals surface area contributed by atoms with Gasteiger partial charge >= 0.3 is 0 Å². The largest absolute Gasteiger partial charge is 0.443 e. The quantitative estimate of drug-likeness (QED) is 0.824. The summed E-state index contributed by atoms with van der Waals surface area (Å²) in [7, 11) is 1.61. The third-order valence-electron chi connectivity index (χ3n) is 3.05. The molecule has 0 aromatic carbocycles. The number of hydrogen-bond donors (Lipinski definition) is 1. The molecule has 2 aromatic heterocycles. The summed E-state index contributed by atoms with van der Waals surface area (Å²) in [6, 6.07) is 5.70. The normalized spacial score (nSPS) is 10.3. The van der Waals surface area contributed by atoms with Crippen molar-refractivity contribution in [3.05, 3.63) is 41.4 Å². The third kappa shape index (κ3) is 3.15. The Morgan fingerprint density at radius 3 is 2.81 bits per heavy atom. The van der Waals surface area contributed by atoms with E-state index < -0.39 is 0 Å². The Kier molecular flexibility index (Phi) is 4.80. The van der Waals surface area contributed by atoms with Crippen molar-refractivity contribution in [2.75, 3.05) is 20.3 Å². The van der Waals surface area contributed by atoms with E-state index >= 15 is 0 Å². The zero-order valence-electron chi connectivity index (χ0n) is 12.0. The minimum absolute atomic E-state index is 0.243. The van der Waals surface area contributed by atoms with Gasteiger partial charge in [0.15, 0.2) is 0 Å². The second-order valence-electron chi connectivity index (χ2n) is 4.52. The number of rotatable bonds is 6. The van der Waals surface area contributed by atoms with Crippen LogP contribution in [0.15, 0.2) is 28.9 Å². The van der Waals surface area contributed by atoms with E-state index in [9.17, 15) is 10.1 Å². The number of amides is 1. The predicted octanol–water partition coefficient (Wildman–Crippen LogP) is 2.02. The first-order chi connectivity index (χ1) is 10.2. The van der Waals surface area contributed by atoms with Gasteiger partial charge in [0.2, 0.25) is 5.88 Å². The highest BCUT2D eigenvalue weighted by Crippen LogP contribution is 2.25. The second kappa shape index (κ2) is 6.77. The van der Waals surface area contributed by atoms with Gasteiger partial charge in [-0.3, -0.25) is 9.36 Å². The Hall–Kier alpha value is -2.52. The molecule has 0 radical (unpaired) electrons. The summed E-state index contributed by atoms with van der Waals surface area (Å²) < 4.78 is 12.2. The van der Waals surface area contributed by atoms with E-state index in [4.69, 9.17) is 9.15 Å². The summed E-state index contributed by atoms with van der Waals surface area (Å²) in [4.78, 5) is 12.2. The highest BCUT2D eigenvalue weighted by atomic mass is 16.5. The molecule has 0 fully saturated rings. The molecule has 1 N–H and O–H groups in total. The summed E-state index contributed by atoms with van der Waals surface area (Å²) in [5, 5.41) is 12.1. The molecule has 0 unspecified atom stereocenters. The molecule has 0 aliphatic rings. The summed E-state index contributed by atoms with van der Waals surface area (Å²) in [6.45, 7) is 2.74. The lowest BCUT2D eigenvalue weighted by Crippen LogP contribution is -2.26. The molecule has 0 aliphatic carbocycles. The molecule has 0 spiro atoms. The number of nitrogens with one attached hydrogen (secondary N) is 1. The molecular formula is C15H17N3O3. The van der Waals surface area contributed by atoms with Crippen molar-refractivity contribution in [3.8, 4) is 12.0 Å². The molecule has 110 valence electrons. The van der Waals surface area contributed by atoms with Crippen LogP contribution in [-0.4, -0.2) is 30.7 Å². The topological polar surface area (TPSA) is 80.2 Å². The standard InChI is InChI=1S/C15H17N3O3/c1-11-13(14(19)17-6-5-9-20-2)12(10-16)15(21-11)18-7-3-4-8-18/h3-4,7-8H,5-6,9H2,1-2H3,(H,17,19). The van der Waals surface area contributed by atoms with Gasteiger partial charge in [0, 0.05) is 32.7 Å². The van der Waals surface area contributed by atoms with E-state index in [1.54, 1.807) is 31.0 Å². The molecule has 0 bridgehead atoms. The van der Waals surface area contributed by atoms with E-state index in [0.29, 0.717) is 36.8 Å². The SMILES string of the molecule is COCCCNC(=O)c1c(C)oc(-n2cccc2)c1C#N. The molecular weight excluding hydrogens is 270 g/mol. The number of methoxy groups -OCH3 is 1. The minimum Gasteiger partial charge on any atom is -0.443 e. The Balaban J connectivity index is 2.24. The number of nitrogens with zero attached hydrogens (tertiary/aromatic N) is 2. The number of aromatic nitrogens is 1. The number of hydrogen-bond acceptors (Lipinski definition) is 4. The van der Waals surface area contributed by atoms with Crippen LogP contribution >= 0.6 is 0 Å². The molecule has 6 nitrogen and oxygen atoms in total. The van der Waals surface area contributed by atoms with Gasteiger partial charge in [-0.25, -0.2) is 0 Å². The zero-order chi connectivity index (χ0) is 15.2. The molecule has 0 aliphatic heterocycles. The van der Waals surface area contributed by atoms with E-state index in [-0.39, 0.29) is 11.5 Å². The van der Waals surface area contributed by atoms with Crippen molar-refractivity contribution >= 4 is 5.91 Å². The predicted molar refractivity (Wildman–Crippen MR) is 76.3 cm³/mol. The van der Waals surface area contributed by atoms with Crippen LogP contribution in [0.3, 0.4) is 0 Å². The van der Waals surface area contributed by atoms with E-state index in [0.717, 1.165) is 0 Å². The molecule has 21 heavy (non-hydrogen) atoms. The third-order valence-corrected chi connectivity index (χ3v) is 3.05. The number of carbonyl (C=O) groups is 1. The fourth-order valence-electron chi connectivity index (χ4n) is 2.07. The Labute approximate surface area is 122 Å². The molecule has 0 saturated heterocycles. The Morgan fingerprint density at radius 1 is 1.48 bits per heavy atom. The van der Waals surface area contributed by atoms with Gasteiger partial charge in [0.25, 0.3) is 5.91 Å². The summed E-state index contributed by atoms with van der Waals surface area (Å²) >= 11 is 0. The first-order valence-electron chi connectivity index (χ1n) is 6.63. The average Bonchev–Trinajstić information content (AvgIpc) is 3.10. The van der Waals surface area contributed by atoms with Gasteiger partial charge in [-0.2, -0.15) is 5.26 Å². The molecule has 2 aromatic rings. The lowest BCUT2D eigenvalue weighted by atomic mass is 10.1. The van der Waals surface area contributed by atoms with Crippen LogP contribution < -0.4 is 5.32 Å². The van der Waals surface area contributed by atoms with Crippen LogP contribution in [0.25, 0.3) is 5.88 Å². The molecule has 1 amide bonds. The lowest BCUT2D eigenvalue weighted by Gasteiger charge is -2.04. The number of carbonyl (C=O) groups excluding carboxylic acids is 1. The summed E-state index contributed by atoms with van der Waals surface area (Å²) in [5.74, 6) is 0.490. The highest BCUT2D eigenvalue weighted by Gasteiger charge is 2.24. The van der Waals surface area contributed by atoms with Crippen LogP contribution in [0.5, 0.6) is 0 Å². The van der Waals surface area contributed by atoms with Crippen molar-refractivity contribution in [3.63, 3.8) is 0 Å². The first kappa shape index (κ1) is 14.9. The van der Waals surface area contributed by atoms with Crippen molar-refractivity contribution in [2.24, 2.45) is 0 Å².